The van der Waals surface area contributed by atoms with E-state index in [1.807, 2.05) is 0 Å². The molecule has 130 valence electrons. The van der Waals surface area contributed by atoms with E-state index < -0.39 is 5.97 Å². The molecule has 0 atom stereocenters. The summed E-state index contributed by atoms with van der Waals surface area (Å²) < 4.78 is 10.4. The molecule has 1 amide bonds. The Morgan fingerprint density at radius 2 is 1.88 bits per heavy atom. The van der Waals surface area contributed by atoms with Gasteiger partial charge in [-0.2, -0.15) is 0 Å². The van der Waals surface area contributed by atoms with Crippen molar-refractivity contribution in [3.05, 3.63) is 42.5 Å². The van der Waals surface area contributed by atoms with Gasteiger partial charge in [0.1, 0.15) is 12.4 Å². The van der Waals surface area contributed by atoms with Crippen molar-refractivity contribution in [2.75, 3.05) is 19.8 Å². The van der Waals surface area contributed by atoms with Crippen LogP contribution in [0.1, 0.15) is 42.5 Å². The van der Waals surface area contributed by atoms with Gasteiger partial charge in [0.25, 0.3) is 5.91 Å². The lowest BCUT2D eigenvalue weighted by atomic mass is 9.89. The van der Waals surface area contributed by atoms with Gasteiger partial charge in [0.2, 0.25) is 0 Å². The monoisotopic (exact) mass is 331 g/mol. The molecule has 24 heavy (non-hydrogen) atoms. The van der Waals surface area contributed by atoms with Gasteiger partial charge in [-0.25, -0.2) is 4.79 Å². The van der Waals surface area contributed by atoms with E-state index in [1.165, 1.54) is 32.1 Å². The van der Waals surface area contributed by atoms with Gasteiger partial charge in [0, 0.05) is 6.54 Å². The van der Waals surface area contributed by atoms with Gasteiger partial charge in [-0.15, -0.1) is 0 Å². The van der Waals surface area contributed by atoms with E-state index in [1.54, 1.807) is 30.3 Å². The summed E-state index contributed by atoms with van der Waals surface area (Å²) in [6, 6.07) is 6.59. The quantitative estimate of drug-likeness (QED) is 0.587. The fraction of sp³-hybridized carbons (Fsp3) is 0.474. The first kappa shape index (κ1) is 18.0. The Labute approximate surface area is 143 Å². The van der Waals surface area contributed by atoms with Crippen molar-refractivity contribution in [3.63, 3.8) is 0 Å². The lowest BCUT2D eigenvalue weighted by molar-refractivity contribution is -0.124. The van der Waals surface area contributed by atoms with Crippen molar-refractivity contribution in [2.45, 2.75) is 32.1 Å². The van der Waals surface area contributed by atoms with Gasteiger partial charge >= 0.3 is 5.97 Å². The number of rotatable bonds is 8. The summed E-state index contributed by atoms with van der Waals surface area (Å²) in [5.41, 5.74) is 0.390. The maximum Gasteiger partial charge on any atom is 0.338 e. The molecular formula is C19H25NO4. The number of benzene rings is 1. The minimum Gasteiger partial charge on any atom is -0.490 e. The van der Waals surface area contributed by atoms with Crippen LogP contribution in [0, 0.1) is 5.92 Å². The van der Waals surface area contributed by atoms with Gasteiger partial charge in [0.15, 0.2) is 6.61 Å². The topological polar surface area (TPSA) is 64.6 Å². The standard InChI is InChI=1S/C19H25NO4/c1-2-12-23-17-10-8-16(9-11-17)19(22)24-14-18(21)20-13-15-6-4-3-5-7-15/h2,8-11,15H,1,3-7,12-14H2,(H,20,21). The van der Waals surface area contributed by atoms with Crippen LogP contribution in [-0.2, 0) is 9.53 Å². The molecule has 1 saturated carbocycles. The maximum absolute atomic E-state index is 11.9. The fourth-order valence-corrected chi connectivity index (χ4v) is 2.76. The van der Waals surface area contributed by atoms with Crippen molar-refractivity contribution in [2.24, 2.45) is 5.92 Å². The third-order valence-corrected chi connectivity index (χ3v) is 4.10. The van der Waals surface area contributed by atoms with Crippen LogP contribution in [0.15, 0.2) is 36.9 Å². The number of ether oxygens (including phenoxy) is 2. The summed E-state index contributed by atoms with van der Waals surface area (Å²) >= 11 is 0. The maximum atomic E-state index is 11.9. The van der Waals surface area contributed by atoms with E-state index in [4.69, 9.17) is 9.47 Å². The number of amides is 1. The van der Waals surface area contributed by atoms with E-state index in [9.17, 15) is 9.59 Å². The molecule has 1 aromatic rings. The lowest BCUT2D eigenvalue weighted by Gasteiger charge is -2.21. The predicted molar refractivity (Wildman–Crippen MR) is 92.0 cm³/mol. The number of carbonyl (C=O) groups excluding carboxylic acids is 2. The molecule has 5 heteroatoms. The third kappa shape index (κ3) is 6.07. The summed E-state index contributed by atoms with van der Waals surface area (Å²) in [5.74, 6) is 0.441. The third-order valence-electron chi connectivity index (χ3n) is 4.10. The van der Waals surface area contributed by atoms with E-state index in [-0.39, 0.29) is 12.5 Å². The molecule has 0 spiro atoms. The molecule has 0 unspecified atom stereocenters. The van der Waals surface area contributed by atoms with E-state index in [0.29, 0.717) is 30.4 Å². The number of nitrogens with one attached hydrogen (secondary N) is 1. The van der Waals surface area contributed by atoms with Crippen LogP contribution in [-0.4, -0.2) is 31.6 Å². The fourth-order valence-electron chi connectivity index (χ4n) is 2.76. The van der Waals surface area contributed by atoms with E-state index in [2.05, 4.69) is 11.9 Å². The highest BCUT2D eigenvalue weighted by Crippen LogP contribution is 2.22. The molecule has 1 aliphatic carbocycles. The van der Waals surface area contributed by atoms with E-state index >= 15 is 0 Å². The second-order valence-corrected chi connectivity index (χ2v) is 6.01. The molecule has 1 aromatic carbocycles. The largest absolute Gasteiger partial charge is 0.490 e. The average molecular weight is 331 g/mol. The van der Waals surface area contributed by atoms with Crippen LogP contribution in [0.25, 0.3) is 0 Å². The molecule has 0 aliphatic heterocycles. The Kier molecular flexibility index (Phi) is 7.33. The first-order chi connectivity index (χ1) is 11.7. The van der Waals surface area contributed by atoms with Crippen molar-refractivity contribution < 1.29 is 19.1 Å². The molecule has 1 fully saturated rings. The first-order valence-electron chi connectivity index (χ1n) is 8.46. The number of hydrogen-bond acceptors (Lipinski definition) is 4. The van der Waals surface area contributed by atoms with Crippen molar-refractivity contribution in [1.29, 1.82) is 0 Å². The minimum absolute atomic E-state index is 0.250. The molecule has 0 heterocycles. The van der Waals surface area contributed by atoms with Gasteiger partial charge in [-0.05, 0) is 43.0 Å². The van der Waals surface area contributed by atoms with Crippen molar-refractivity contribution in [1.82, 2.24) is 5.32 Å². The van der Waals surface area contributed by atoms with Crippen LogP contribution in [0.3, 0.4) is 0 Å². The molecule has 1 N–H and O–H groups in total. The normalized spacial score (nSPS) is 14.7. The molecule has 2 rings (SSSR count). The molecule has 0 saturated heterocycles. The summed E-state index contributed by atoms with van der Waals surface area (Å²) in [6.45, 7) is 4.40. The average Bonchev–Trinajstić information content (AvgIpc) is 2.64. The second kappa shape index (κ2) is 9.75. The Balaban J connectivity index is 1.69. The second-order valence-electron chi connectivity index (χ2n) is 6.01. The Morgan fingerprint density at radius 1 is 1.17 bits per heavy atom. The zero-order chi connectivity index (χ0) is 17.2. The number of carbonyl (C=O) groups is 2. The lowest BCUT2D eigenvalue weighted by Crippen LogP contribution is -2.33. The Morgan fingerprint density at radius 3 is 2.54 bits per heavy atom. The van der Waals surface area contributed by atoms with Gasteiger partial charge in [-0.1, -0.05) is 31.9 Å². The summed E-state index contributed by atoms with van der Waals surface area (Å²) in [6.07, 6.45) is 7.75. The number of esters is 1. The smallest absolute Gasteiger partial charge is 0.338 e. The zero-order valence-electron chi connectivity index (χ0n) is 14.0. The highest BCUT2D eigenvalue weighted by atomic mass is 16.5. The predicted octanol–water partition coefficient (Wildman–Crippen LogP) is 3.10. The highest BCUT2D eigenvalue weighted by molar-refractivity contribution is 5.91. The minimum atomic E-state index is -0.516. The van der Waals surface area contributed by atoms with Gasteiger partial charge in [0.05, 0.1) is 5.56 Å². The summed E-state index contributed by atoms with van der Waals surface area (Å²) in [5, 5.41) is 2.85. The van der Waals surface area contributed by atoms with Crippen LogP contribution in [0.4, 0.5) is 0 Å². The first-order valence-corrected chi connectivity index (χ1v) is 8.46. The van der Waals surface area contributed by atoms with E-state index in [0.717, 1.165) is 0 Å². The van der Waals surface area contributed by atoms with Crippen LogP contribution in [0.2, 0.25) is 0 Å². The Hall–Kier alpha value is -2.30. The molecule has 0 bridgehead atoms. The van der Waals surface area contributed by atoms with Crippen LogP contribution >= 0.6 is 0 Å². The summed E-state index contributed by atoms with van der Waals surface area (Å²) in [4.78, 5) is 23.7. The van der Waals surface area contributed by atoms with Crippen molar-refractivity contribution >= 4 is 11.9 Å². The highest BCUT2D eigenvalue weighted by Gasteiger charge is 2.15. The molecule has 1 aliphatic rings. The van der Waals surface area contributed by atoms with Crippen molar-refractivity contribution in [3.8, 4) is 5.75 Å². The van der Waals surface area contributed by atoms with Crippen LogP contribution in [0.5, 0.6) is 5.75 Å². The number of hydrogen-bond donors (Lipinski definition) is 1. The van der Waals surface area contributed by atoms with Gasteiger partial charge < -0.3 is 14.8 Å². The zero-order valence-corrected chi connectivity index (χ0v) is 14.0. The van der Waals surface area contributed by atoms with Crippen LogP contribution < -0.4 is 10.1 Å². The SMILES string of the molecule is C=CCOc1ccc(C(=O)OCC(=O)NCC2CCCCC2)cc1. The molecule has 5 nitrogen and oxygen atoms in total. The molecule has 0 radical (unpaired) electrons. The van der Waals surface area contributed by atoms with Gasteiger partial charge in [-0.3, -0.25) is 4.79 Å². The Bertz CT molecular complexity index is 547. The molecule has 0 aromatic heterocycles. The summed E-state index contributed by atoms with van der Waals surface area (Å²) in [7, 11) is 0. The molecular weight excluding hydrogens is 306 g/mol.